The molecule has 6 heteroatoms. The van der Waals surface area contributed by atoms with Crippen molar-refractivity contribution in [1.82, 2.24) is 15.1 Å². The highest BCUT2D eigenvalue weighted by Gasteiger charge is 2.31. The Morgan fingerprint density at radius 1 is 1.32 bits per heavy atom. The molecule has 2 atom stereocenters. The van der Waals surface area contributed by atoms with Crippen molar-refractivity contribution < 1.29 is 4.42 Å². The van der Waals surface area contributed by atoms with Crippen LogP contribution in [0, 0.1) is 0 Å². The lowest BCUT2D eigenvalue weighted by Crippen LogP contribution is -2.26. The fourth-order valence-corrected chi connectivity index (χ4v) is 4.45. The van der Waals surface area contributed by atoms with Crippen molar-refractivity contribution in [3.63, 3.8) is 0 Å². The summed E-state index contributed by atoms with van der Waals surface area (Å²) in [5, 5.41) is 14.8. The van der Waals surface area contributed by atoms with Gasteiger partial charge in [0.15, 0.2) is 0 Å². The van der Waals surface area contributed by atoms with E-state index in [1.54, 1.807) is 22.7 Å². The lowest BCUT2D eigenvalue weighted by Gasteiger charge is -2.18. The SMILES string of the molecule is C[C@@H]1C[C@H](c2ccsc2)CN1Cc1nnc(-c2cccs2)o1. The summed E-state index contributed by atoms with van der Waals surface area (Å²) in [5.41, 5.74) is 1.46. The molecule has 0 spiro atoms. The van der Waals surface area contributed by atoms with E-state index in [0.29, 0.717) is 23.7 Å². The predicted molar refractivity (Wildman–Crippen MR) is 89.2 cm³/mol. The lowest BCUT2D eigenvalue weighted by molar-refractivity contribution is 0.233. The molecule has 0 bridgehead atoms. The molecule has 0 aromatic carbocycles. The summed E-state index contributed by atoms with van der Waals surface area (Å²) < 4.78 is 5.81. The molecular formula is C16H17N3OS2. The average Bonchev–Trinajstić information content (AvgIpc) is 3.28. The van der Waals surface area contributed by atoms with Gasteiger partial charge in [0.1, 0.15) is 0 Å². The molecule has 0 unspecified atom stereocenters. The Kier molecular flexibility index (Phi) is 3.82. The number of likely N-dealkylation sites (tertiary alicyclic amines) is 1. The number of hydrogen-bond acceptors (Lipinski definition) is 6. The van der Waals surface area contributed by atoms with E-state index in [9.17, 15) is 0 Å². The summed E-state index contributed by atoms with van der Waals surface area (Å²) in [6.45, 7) is 4.08. The molecule has 0 N–H and O–H groups in total. The normalized spacial score (nSPS) is 22.4. The van der Waals surface area contributed by atoms with Crippen molar-refractivity contribution in [3.05, 3.63) is 45.8 Å². The molecule has 114 valence electrons. The van der Waals surface area contributed by atoms with Gasteiger partial charge in [-0.2, -0.15) is 11.3 Å². The molecule has 4 heterocycles. The van der Waals surface area contributed by atoms with Crippen molar-refractivity contribution in [3.8, 4) is 10.8 Å². The first-order chi connectivity index (χ1) is 10.8. The van der Waals surface area contributed by atoms with Gasteiger partial charge in [0.2, 0.25) is 5.89 Å². The number of thiophene rings is 2. The smallest absolute Gasteiger partial charge is 0.257 e. The van der Waals surface area contributed by atoms with Crippen molar-refractivity contribution in [2.24, 2.45) is 0 Å². The highest BCUT2D eigenvalue weighted by Crippen LogP contribution is 2.33. The fourth-order valence-electron chi connectivity index (χ4n) is 3.06. The van der Waals surface area contributed by atoms with Crippen molar-refractivity contribution in [2.45, 2.75) is 31.8 Å². The minimum absolute atomic E-state index is 0.544. The van der Waals surface area contributed by atoms with Gasteiger partial charge in [-0.05, 0) is 53.1 Å². The van der Waals surface area contributed by atoms with Gasteiger partial charge in [0.05, 0.1) is 11.4 Å². The molecule has 0 amide bonds. The minimum Gasteiger partial charge on any atom is -0.419 e. The zero-order valence-electron chi connectivity index (χ0n) is 12.3. The Bertz CT molecular complexity index is 721. The van der Waals surface area contributed by atoms with Crippen LogP contribution in [0.25, 0.3) is 10.8 Å². The maximum absolute atomic E-state index is 5.81. The zero-order chi connectivity index (χ0) is 14.9. The summed E-state index contributed by atoms with van der Waals surface area (Å²) in [4.78, 5) is 3.47. The summed E-state index contributed by atoms with van der Waals surface area (Å²) in [6.07, 6.45) is 1.20. The first-order valence-electron chi connectivity index (χ1n) is 7.42. The van der Waals surface area contributed by atoms with E-state index in [1.165, 1.54) is 12.0 Å². The summed E-state index contributed by atoms with van der Waals surface area (Å²) >= 11 is 3.40. The summed E-state index contributed by atoms with van der Waals surface area (Å²) in [6, 6.07) is 6.79. The average molecular weight is 331 g/mol. The molecule has 3 aromatic rings. The van der Waals surface area contributed by atoms with Crippen LogP contribution in [0.4, 0.5) is 0 Å². The molecule has 4 nitrogen and oxygen atoms in total. The molecule has 1 aliphatic heterocycles. The van der Waals surface area contributed by atoms with Crippen LogP contribution in [0.2, 0.25) is 0 Å². The largest absolute Gasteiger partial charge is 0.419 e. The lowest BCUT2D eigenvalue weighted by atomic mass is 10.00. The molecular weight excluding hydrogens is 314 g/mol. The van der Waals surface area contributed by atoms with Crippen LogP contribution in [0.3, 0.4) is 0 Å². The van der Waals surface area contributed by atoms with Gasteiger partial charge < -0.3 is 4.42 Å². The molecule has 4 rings (SSSR count). The van der Waals surface area contributed by atoms with Gasteiger partial charge >= 0.3 is 0 Å². The molecule has 22 heavy (non-hydrogen) atoms. The van der Waals surface area contributed by atoms with E-state index >= 15 is 0 Å². The Balaban J connectivity index is 1.45. The van der Waals surface area contributed by atoms with E-state index in [0.717, 1.165) is 18.0 Å². The maximum atomic E-state index is 5.81. The predicted octanol–water partition coefficient (Wildman–Crippen LogP) is 4.24. The Labute approximate surface area is 137 Å². The van der Waals surface area contributed by atoms with Crippen LogP contribution >= 0.6 is 22.7 Å². The number of hydrogen-bond donors (Lipinski definition) is 0. The standard InChI is InChI=1S/C16H17N3OS2/c1-11-7-13(12-4-6-21-10-12)8-19(11)9-15-17-18-16(20-15)14-3-2-5-22-14/h2-6,10-11,13H,7-9H2,1H3/t11-,13+/m1/s1. The van der Waals surface area contributed by atoms with Crippen molar-refractivity contribution in [2.75, 3.05) is 6.54 Å². The van der Waals surface area contributed by atoms with E-state index < -0.39 is 0 Å². The van der Waals surface area contributed by atoms with Crippen LogP contribution in [0.1, 0.15) is 30.7 Å². The second-order valence-corrected chi connectivity index (χ2v) is 7.47. The molecule has 0 saturated carbocycles. The minimum atomic E-state index is 0.544. The zero-order valence-corrected chi connectivity index (χ0v) is 13.9. The first kappa shape index (κ1) is 14.1. The van der Waals surface area contributed by atoms with Crippen LogP contribution in [-0.4, -0.2) is 27.7 Å². The number of aromatic nitrogens is 2. The van der Waals surface area contributed by atoms with Crippen LogP contribution in [0.5, 0.6) is 0 Å². The highest BCUT2D eigenvalue weighted by molar-refractivity contribution is 7.13. The molecule has 3 aromatic heterocycles. The highest BCUT2D eigenvalue weighted by atomic mass is 32.1. The van der Waals surface area contributed by atoms with E-state index in [4.69, 9.17) is 4.42 Å². The van der Waals surface area contributed by atoms with Crippen LogP contribution < -0.4 is 0 Å². The molecule has 1 saturated heterocycles. The Morgan fingerprint density at radius 2 is 2.27 bits per heavy atom. The second kappa shape index (κ2) is 5.95. The third-order valence-electron chi connectivity index (χ3n) is 4.26. The molecule has 1 aliphatic rings. The van der Waals surface area contributed by atoms with Crippen LogP contribution in [0.15, 0.2) is 38.8 Å². The third-order valence-corrected chi connectivity index (χ3v) is 5.81. The molecule has 0 aliphatic carbocycles. The summed E-state index contributed by atoms with van der Waals surface area (Å²) in [5.74, 6) is 1.97. The van der Waals surface area contributed by atoms with Gasteiger partial charge in [-0.25, -0.2) is 0 Å². The van der Waals surface area contributed by atoms with Gasteiger partial charge in [-0.3, -0.25) is 4.90 Å². The summed E-state index contributed by atoms with van der Waals surface area (Å²) in [7, 11) is 0. The first-order valence-corrected chi connectivity index (χ1v) is 9.24. The van der Waals surface area contributed by atoms with Gasteiger partial charge in [-0.1, -0.05) is 6.07 Å². The Morgan fingerprint density at radius 3 is 3.05 bits per heavy atom. The van der Waals surface area contributed by atoms with Gasteiger partial charge in [0, 0.05) is 12.6 Å². The van der Waals surface area contributed by atoms with Crippen LogP contribution in [-0.2, 0) is 6.54 Å². The topological polar surface area (TPSA) is 42.2 Å². The maximum Gasteiger partial charge on any atom is 0.257 e. The number of rotatable bonds is 4. The van der Waals surface area contributed by atoms with Gasteiger partial charge in [0.25, 0.3) is 5.89 Å². The quantitative estimate of drug-likeness (QED) is 0.717. The third kappa shape index (κ3) is 2.74. The van der Waals surface area contributed by atoms with E-state index in [2.05, 4.69) is 38.8 Å². The van der Waals surface area contributed by atoms with Gasteiger partial charge in [-0.15, -0.1) is 21.5 Å². The van der Waals surface area contributed by atoms with E-state index in [1.807, 2.05) is 17.5 Å². The fraction of sp³-hybridized carbons (Fsp3) is 0.375. The van der Waals surface area contributed by atoms with Crippen molar-refractivity contribution >= 4 is 22.7 Å². The van der Waals surface area contributed by atoms with E-state index in [-0.39, 0.29) is 0 Å². The number of nitrogens with zero attached hydrogens (tertiary/aromatic N) is 3. The molecule has 1 fully saturated rings. The van der Waals surface area contributed by atoms with Crippen molar-refractivity contribution in [1.29, 1.82) is 0 Å². The Hall–Kier alpha value is -1.50. The molecule has 0 radical (unpaired) electrons. The second-order valence-electron chi connectivity index (χ2n) is 5.75. The monoisotopic (exact) mass is 331 g/mol.